The van der Waals surface area contributed by atoms with Crippen LogP contribution in [0.25, 0.3) is 5.32 Å². The number of nitrogens with zero attached hydrogens (tertiary/aromatic N) is 7. The predicted octanol–water partition coefficient (Wildman–Crippen LogP) is -2.51. The molecule has 1 aromatic rings. The number of hydrogen-bond donors (Lipinski definition) is 0. The van der Waals surface area contributed by atoms with E-state index in [9.17, 15) is 0 Å². The van der Waals surface area contributed by atoms with Crippen LogP contribution in [0.15, 0.2) is 0 Å². The van der Waals surface area contributed by atoms with Crippen molar-refractivity contribution in [2.45, 2.75) is 0 Å². The molecule has 0 atom stereocenters. The van der Waals surface area contributed by atoms with Gasteiger partial charge in [0.2, 0.25) is 0 Å². The van der Waals surface area contributed by atoms with Crippen molar-refractivity contribution < 1.29 is 51.4 Å². The molecule has 0 aliphatic carbocycles. The molecule has 0 N–H and O–H groups in total. The van der Waals surface area contributed by atoms with E-state index >= 15 is 0 Å². The van der Waals surface area contributed by atoms with Crippen LogP contribution in [0.3, 0.4) is 0 Å². The van der Waals surface area contributed by atoms with E-state index in [2.05, 4.69) is 20.3 Å². The Kier molecular flexibility index (Phi) is 6.78. The molecule has 0 radical (unpaired) electrons. The molecule has 0 aliphatic heterocycles. The maximum Gasteiger partial charge on any atom is 1.00 e. The van der Waals surface area contributed by atoms with Crippen molar-refractivity contribution in [3.63, 3.8) is 0 Å². The second-order valence-corrected chi connectivity index (χ2v) is 3.24. The third-order valence-corrected chi connectivity index (χ3v) is 1.55. The van der Waals surface area contributed by atoms with E-state index in [1.165, 1.54) is 0 Å². The van der Waals surface area contributed by atoms with Gasteiger partial charge in [-0.1, -0.05) is 0 Å². The molecule has 0 unspecified atom stereocenters. The van der Waals surface area contributed by atoms with E-state index in [1.807, 2.05) is 28.2 Å². The van der Waals surface area contributed by atoms with E-state index in [1.54, 1.807) is 16.0 Å². The monoisotopic (exact) mass is 245 g/mol. The fourth-order valence-corrected chi connectivity index (χ4v) is 0.838. The molecule has 1 aromatic heterocycles. The summed E-state index contributed by atoms with van der Waals surface area (Å²) in [7, 11) is 7.24. The Morgan fingerprint density at radius 1 is 1.00 bits per heavy atom. The first-order valence-corrected chi connectivity index (χ1v) is 4.25. The van der Waals surface area contributed by atoms with Gasteiger partial charge in [-0.2, -0.15) is 4.98 Å². The van der Waals surface area contributed by atoms with Gasteiger partial charge in [0.05, 0.1) is 12.1 Å². The summed E-state index contributed by atoms with van der Waals surface area (Å²) in [6, 6.07) is 0. The van der Waals surface area contributed by atoms with Crippen LogP contribution >= 0.6 is 0 Å². The normalized spacial score (nSPS) is 8.69. The molecule has 80 valence electrons. The topological polar surface area (TPSA) is 83.0 Å². The van der Waals surface area contributed by atoms with E-state index in [0.29, 0.717) is 11.9 Å². The maximum absolute atomic E-state index is 8.43. The Morgan fingerprint density at radius 2 is 1.44 bits per heavy atom. The minimum Gasteiger partial charge on any atom is -0.357 e. The Balaban J connectivity index is 0.00000225. The van der Waals surface area contributed by atoms with Gasteiger partial charge in [-0.15, -0.1) is 0 Å². The second kappa shape index (κ2) is 6.98. The Labute approximate surface area is 137 Å². The van der Waals surface area contributed by atoms with Crippen molar-refractivity contribution in [1.29, 1.82) is 5.26 Å². The van der Waals surface area contributed by atoms with Crippen molar-refractivity contribution in [3.05, 3.63) is 5.32 Å². The number of anilines is 2. The summed E-state index contributed by atoms with van der Waals surface area (Å²) in [4.78, 5) is 15.6. The van der Waals surface area contributed by atoms with E-state index in [0.717, 1.165) is 0 Å². The minimum absolute atomic E-state index is 0. The van der Waals surface area contributed by atoms with Crippen LogP contribution in [0, 0.1) is 11.5 Å². The van der Waals surface area contributed by atoms with Gasteiger partial charge >= 0.3 is 51.4 Å². The molecule has 7 nitrogen and oxygen atoms in total. The van der Waals surface area contributed by atoms with Gasteiger partial charge in [0, 0.05) is 28.2 Å². The molecule has 0 saturated carbocycles. The summed E-state index contributed by atoms with van der Waals surface area (Å²) in [5.41, 5.74) is 0. The summed E-state index contributed by atoms with van der Waals surface area (Å²) in [6.45, 7) is 0. The minimum atomic E-state index is 0. The first kappa shape index (κ1) is 15.5. The summed E-state index contributed by atoms with van der Waals surface area (Å²) >= 11 is 0. The third kappa shape index (κ3) is 4.19. The summed E-state index contributed by atoms with van der Waals surface area (Å²) in [5, 5.41) is 11.9. The number of aromatic nitrogens is 3. The van der Waals surface area contributed by atoms with Crippen molar-refractivity contribution >= 4 is 17.8 Å². The molecule has 1 rings (SSSR count). The molecule has 0 aromatic carbocycles. The van der Waals surface area contributed by atoms with Gasteiger partial charge in [0.25, 0.3) is 0 Å². The fraction of sp³-hybridized carbons (Fsp3) is 0.500. The zero-order valence-corrected chi connectivity index (χ0v) is 13.3. The van der Waals surface area contributed by atoms with Gasteiger partial charge in [-0.3, -0.25) is 15.3 Å². The second-order valence-electron chi connectivity index (χ2n) is 3.24. The van der Waals surface area contributed by atoms with Crippen LogP contribution in [-0.2, 0) is 0 Å². The predicted molar refractivity (Wildman–Crippen MR) is 57.1 cm³/mol. The zero-order valence-electron chi connectivity index (χ0n) is 10.1. The molecule has 0 spiro atoms. The SMILES string of the molecule is CN(C)c1nc([N-]C#N)nc(N(C)C)n1.[K+]. The van der Waals surface area contributed by atoms with Gasteiger partial charge in [0.1, 0.15) is 0 Å². The first-order valence-electron chi connectivity index (χ1n) is 4.25. The Bertz CT molecular complexity index is 358. The van der Waals surface area contributed by atoms with Crippen molar-refractivity contribution in [2.24, 2.45) is 0 Å². The van der Waals surface area contributed by atoms with Crippen molar-refractivity contribution in [2.75, 3.05) is 38.0 Å². The Morgan fingerprint density at radius 3 is 1.75 bits per heavy atom. The van der Waals surface area contributed by atoms with Gasteiger partial charge < -0.3 is 15.1 Å². The third-order valence-electron chi connectivity index (χ3n) is 1.55. The molecule has 16 heavy (non-hydrogen) atoms. The van der Waals surface area contributed by atoms with Crippen LogP contribution in [0.5, 0.6) is 0 Å². The van der Waals surface area contributed by atoms with Crippen LogP contribution in [-0.4, -0.2) is 43.1 Å². The number of rotatable bonds is 3. The molecular weight excluding hydrogens is 233 g/mol. The van der Waals surface area contributed by atoms with Crippen LogP contribution in [0.1, 0.15) is 0 Å². The largest absolute Gasteiger partial charge is 1.00 e. The van der Waals surface area contributed by atoms with Crippen LogP contribution in [0.4, 0.5) is 17.8 Å². The average Bonchev–Trinajstić information content (AvgIpc) is 2.17. The zero-order chi connectivity index (χ0) is 11.4. The summed E-state index contributed by atoms with van der Waals surface area (Å²) in [5.74, 6) is 1.07. The standard InChI is InChI=1S/C8H12N7.K/c1-14(2)7-11-6(10-5-9)12-8(13-7)15(3)4;/h1-4H3;/q-1;+1. The van der Waals surface area contributed by atoms with Gasteiger partial charge in [0.15, 0.2) is 11.9 Å². The van der Waals surface area contributed by atoms with Crippen LogP contribution < -0.4 is 61.2 Å². The molecule has 8 heteroatoms. The maximum atomic E-state index is 8.43. The van der Waals surface area contributed by atoms with Gasteiger partial charge in [-0.25, -0.2) is 0 Å². The molecule has 0 bridgehead atoms. The number of hydrogen-bond acceptors (Lipinski definition) is 6. The number of nitriles is 1. The summed E-state index contributed by atoms with van der Waals surface area (Å²) < 4.78 is 0. The fourth-order valence-electron chi connectivity index (χ4n) is 0.838. The summed E-state index contributed by atoms with van der Waals surface area (Å²) in [6.07, 6.45) is 1.65. The molecule has 1 heterocycles. The molecule has 0 fully saturated rings. The molecule has 0 amide bonds. The van der Waals surface area contributed by atoms with E-state index in [-0.39, 0.29) is 57.3 Å². The van der Waals surface area contributed by atoms with E-state index in [4.69, 9.17) is 5.26 Å². The Hall–Kier alpha value is -0.464. The quantitative estimate of drug-likeness (QED) is 0.432. The molecular formula is C8H12KN7. The smallest absolute Gasteiger partial charge is 0.357 e. The van der Waals surface area contributed by atoms with E-state index < -0.39 is 0 Å². The van der Waals surface area contributed by atoms with Crippen molar-refractivity contribution in [1.82, 2.24) is 15.0 Å². The molecule has 0 saturated heterocycles. The van der Waals surface area contributed by atoms with Crippen LogP contribution in [0.2, 0.25) is 0 Å². The average molecular weight is 245 g/mol. The van der Waals surface area contributed by atoms with Gasteiger partial charge in [-0.05, 0) is 0 Å². The molecule has 0 aliphatic rings. The van der Waals surface area contributed by atoms with Crippen molar-refractivity contribution in [3.8, 4) is 6.19 Å². The first-order chi connectivity index (χ1) is 7.04.